The van der Waals surface area contributed by atoms with Gasteiger partial charge in [0.05, 0.1) is 11.8 Å². The van der Waals surface area contributed by atoms with E-state index in [0.29, 0.717) is 6.54 Å². The summed E-state index contributed by atoms with van der Waals surface area (Å²) >= 11 is 0. The van der Waals surface area contributed by atoms with Crippen molar-refractivity contribution in [2.24, 2.45) is 16.7 Å². The van der Waals surface area contributed by atoms with E-state index < -0.39 is 10.0 Å². The topological polar surface area (TPSA) is 55.2 Å². The largest absolute Gasteiger partial charge is 0.333 e. The molecule has 1 saturated carbocycles. The number of aromatic nitrogens is 2. The van der Waals surface area contributed by atoms with Crippen molar-refractivity contribution in [3.05, 3.63) is 18.2 Å². The summed E-state index contributed by atoms with van der Waals surface area (Å²) in [6.07, 6.45) is 7.22. The smallest absolute Gasteiger partial charge is 0.215 e. The van der Waals surface area contributed by atoms with Crippen LogP contribution < -0.4 is 0 Å². The molecule has 1 aromatic rings. The number of sulfonamides is 1. The van der Waals surface area contributed by atoms with Crippen molar-refractivity contribution in [3.8, 4) is 0 Å². The zero-order valence-electron chi connectivity index (χ0n) is 15.6. The van der Waals surface area contributed by atoms with Crippen LogP contribution in [0.25, 0.3) is 0 Å². The third-order valence-corrected chi connectivity index (χ3v) is 7.82. The summed E-state index contributed by atoms with van der Waals surface area (Å²) in [5.74, 6) is 1.85. The normalized spacial score (nSPS) is 24.8. The van der Waals surface area contributed by atoms with Gasteiger partial charge in [0.2, 0.25) is 10.0 Å². The molecule has 0 bridgehead atoms. The fourth-order valence-electron chi connectivity index (χ4n) is 3.57. The van der Waals surface area contributed by atoms with Crippen LogP contribution in [0.1, 0.15) is 65.7 Å². The van der Waals surface area contributed by atoms with Crippen LogP contribution in [0.2, 0.25) is 0 Å². The lowest BCUT2D eigenvalue weighted by atomic mass is 9.76. The lowest BCUT2D eigenvalue weighted by Crippen LogP contribution is -2.59. The van der Waals surface area contributed by atoms with Gasteiger partial charge in [-0.3, -0.25) is 0 Å². The van der Waals surface area contributed by atoms with E-state index >= 15 is 0 Å². The van der Waals surface area contributed by atoms with Crippen LogP contribution in [-0.4, -0.2) is 34.6 Å². The molecule has 136 valence electrons. The molecule has 24 heavy (non-hydrogen) atoms. The molecule has 0 aromatic carbocycles. The summed E-state index contributed by atoms with van der Waals surface area (Å²) in [6.45, 7) is 11.9. The summed E-state index contributed by atoms with van der Waals surface area (Å²) in [5, 5.41) is 0. The highest BCUT2D eigenvalue weighted by atomic mass is 32.2. The predicted octanol–water partition coefficient (Wildman–Crippen LogP) is 3.44. The number of nitrogens with zero attached hydrogens (tertiary/aromatic N) is 3. The van der Waals surface area contributed by atoms with Crippen molar-refractivity contribution in [2.75, 3.05) is 12.3 Å². The minimum atomic E-state index is -3.29. The Hall–Kier alpha value is -0.880. The van der Waals surface area contributed by atoms with Gasteiger partial charge in [-0.1, -0.05) is 34.6 Å². The molecule has 1 aliphatic heterocycles. The zero-order chi connectivity index (χ0) is 17.8. The molecule has 0 amide bonds. The lowest BCUT2D eigenvalue weighted by molar-refractivity contribution is 0.0105. The Morgan fingerprint density at radius 1 is 1.33 bits per heavy atom. The number of rotatable bonds is 7. The summed E-state index contributed by atoms with van der Waals surface area (Å²) in [4.78, 5) is 4.55. The Morgan fingerprint density at radius 3 is 2.54 bits per heavy atom. The van der Waals surface area contributed by atoms with E-state index in [0.717, 1.165) is 24.7 Å². The third-order valence-electron chi connectivity index (χ3n) is 5.62. The molecule has 5 nitrogen and oxygen atoms in total. The minimum absolute atomic E-state index is 0.0733. The average Bonchev–Trinajstić information content (AvgIpc) is 3.16. The predicted molar refractivity (Wildman–Crippen MR) is 96.0 cm³/mol. The quantitative estimate of drug-likeness (QED) is 0.754. The minimum Gasteiger partial charge on any atom is -0.333 e. The van der Waals surface area contributed by atoms with Crippen molar-refractivity contribution in [1.82, 2.24) is 13.9 Å². The van der Waals surface area contributed by atoms with Crippen LogP contribution in [0.3, 0.4) is 0 Å². The van der Waals surface area contributed by atoms with Crippen molar-refractivity contribution >= 4 is 10.0 Å². The summed E-state index contributed by atoms with van der Waals surface area (Å²) < 4.78 is 29.9. The van der Waals surface area contributed by atoms with Crippen LogP contribution in [0.5, 0.6) is 0 Å². The molecular weight excluding hydrogens is 322 g/mol. The molecule has 1 saturated heterocycles. The molecule has 6 heteroatoms. The molecule has 1 unspecified atom stereocenters. The van der Waals surface area contributed by atoms with Gasteiger partial charge in [0.25, 0.3) is 0 Å². The zero-order valence-corrected chi connectivity index (χ0v) is 16.4. The second-order valence-electron chi connectivity index (χ2n) is 9.09. The Kier molecular flexibility index (Phi) is 4.36. The van der Waals surface area contributed by atoms with E-state index in [2.05, 4.69) is 30.3 Å². The molecule has 2 aliphatic rings. The molecule has 0 radical (unpaired) electrons. The summed E-state index contributed by atoms with van der Waals surface area (Å²) in [7, 11) is -3.29. The second kappa shape index (κ2) is 5.84. The van der Waals surface area contributed by atoms with Gasteiger partial charge in [0.1, 0.15) is 5.82 Å². The Morgan fingerprint density at radius 2 is 2.00 bits per heavy atom. The van der Waals surface area contributed by atoms with E-state index in [9.17, 15) is 8.42 Å². The molecule has 2 heterocycles. The first kappa shape index (κ1) is 17.9. The molecule has 1 aromatic heterocycles. The summed E-state index contributed by atoms with van der Waals surface area (Å²) in [6, 6.07) is -0.149. The number of imidazole rings is 1. The first-order valence-corrected chi connectivity index (χ1v) is 10.7. The Bertz CT molecular complexity index is 702. The first-order valence-electron chi connectivity index (χ1n) is 9.06. The van der Waals surface area contributed by atoms with E-state index in [1.54, 1.807) is 4.31 Å². The van der Waals surface area contributed by atoms with Crippen LogP contribution in [0.4, 0.5) is 0 Å². The van der Waals surface area contributed by atoms with Crippen LogP contribution in [0, 0.1) is 16.7 Å². The van der Waals surface area contributed by atoms with E-state index in [4.69, 9.17) is 0 Å². The van der Waals surface area contributed by atoms with Crippen LogP contribution in [0.15, 0.2) is 12.4 Å². The highest BCUT2D eigenvalue weighted by Gasteiger charge is 2.54. The van der Waals surface area contributed by atoms with Gasteiger partial charge in [0, 0.05) is 30.9 Å². The van der Waals surface area contributed by atoms with Gasteiger partial charge in [-0.25, -0.2) is 13.4 Å². The Balaban J connectivity index is 1.86. The molecule has 0 N–H and O–H groups in total. The van der Waals surface area contributed by atoms with Crippen LogP contribution in [-0.2, 0) is 16.6 Å². The molecular formula is C18H31N3O2S. The maximum atomic E-state index is 13.0. The molecule has 1 aliphatic carbocycles. The third kappa shape index (κ3) is 3.40. The monoisotopic (exact) mass is 353 g/mol. The number of hydrogen-bond donors (Lipinski definition) is 0. The van der Waals surface area contributed by atoms with E-state index in [-0.39, 0.29) is 22.6 Å². The van der Waals surface area contributed by atoms with Crippen molar-refractivity contribution < 1.29 is 8.42 Å². The van der Waals surface area contributed by atoms with E-state index in [1.807, 2.05) is 26.2 Å². The first-order chi connectivity index (χ1) is 11.1. The number of hydrogen-bond acceptors (Lipinski definition) is 3. The van der Waals surface area contributed by atoms with Gasteiger partial charge in [0.15, 0.2) is 0 Å². The van der Waals surface area contributed by atoms with Gasteiger partial charge < -0.3 is 4.57 Å². The SMILES string of the molecule is CCC(C)(C)CS(=O)(=O)N1CC(C)(C)C1c1nccn1CC1CC1. The van der Waals surface area contributed by atoms with E-state index in [1.165, 1.54) is 12.8 Å². The maximum Gasteiger partial charge on any atom is 0.215 e. The second-order valence-corrected chi connectivity index (χ2v) is 11.0. The lowest BCUT2D eigenvalue weighted by Gasteiger charge is -2.53. The van der Waals surface area contributed by atoms with Crippen molar-refractivity contribution in [1.29, 1.82) is 0 Å². The Labute approximate surface area is 146 Å². The molecule has 0 spiro atoms. The highest BCUT2D eigenvalue weighted by Crippen LogP contribution is 2.50. The highest BCUT2D eigenvalue weighted by molar-refractivity contribution is 7.89. The molecule has 3 rings (SSSR count). The molecule has 2 fully saturated rings. The average molecular weight is 354 g/mol. The van der Waals surface area contributed by atoms with Gasteiger partial charge >= 0.3 is 0 Å². The standard InChI is InChI=1S/C18H31N3O2S/c1-6-17(2,3)13-24(22,23)21-12-18(4,5)15(21)16-19-9-10-20(16)11-14-7-8-14/h9-10,14-15H,6-8,11-13H2,1-5H3. The fourth-order valence-corrected chi connectivity index (χ4v) is 6.16. The maximum absolute atomic E-state index is 13.0. The van der Waals surface area contributed by atoms with Crippen molar-refractivity contribution in [3.63, 3.8) is 0 Å². The van der Waals surface area contributed by atoms with Crippen molar-refractivity contribution in [2.45, 2.75) is 66.5 Å². The van der Waals surface area contributed by atoms with Gasteiger partial charge in [-0.05, 0) is 30.6 Å². The van der Waals surface area contributed by atoms with Gasteiger partial charge in [-0.15, -0.1) is 0 Å². The van der Waals surface area contributed by atoms with Gasteiger partial charge in [-0.2, -0.15) is 4.31 Å². The van der Waals surface area contributed by atoms with Crippen LogP contribution >= 0.6 is 0 Å². The summed E-state index contributed by atoms with van der Waals surface area (Å²) in [5.41, 5.74) is -0.275. The fraction of sp³-hybridized carbons (Fsp3) is 0.833. The molecule has 1 atom stereocenters.